The minimum absolute atomic E-state index is 0.0760. The Hall–Kier alpha value is -3.73. The summed E-state index contributed by atoms with van der Waals surface area (Å²) in [5.74, 6) is -0.0760. The second-order valence-electron chi connectivity index (χ2n) is 21.8. The van der Waals surface area contributed by atoms with Gasteiger partial charge in [0.05, 0.1) is 18.8 Å². The van der Waals surface area contributed by atoms with Gasteiger partial charge < -0.3 is 15.5 Å². The molecule has 0 rings (SSSR count). The molecule has 0 radical (unpaired) electrons. The molecule has 2 atom stereocenters. The van der Waals surface area contributed by atoms with Crippen molar-refractivity contribution in [1.29, 1.82) is 0 Å². The van der Waals surface area contributed by atoms with Gasteiger partial charge in [-0.1, -0.05) is 333 Å². The van der Waals surface area contributed by atoms with Gasteiger partial charge in [-0.25, -0.2) is 0 Å². The molecule has 0 saturated carbocycles. The normalized spacial score (nSPS) is 13.7. The number of rotatable bonds is 59. The standard InChI is InChI=1S/C74H125NO3/c1-3-5-7-9-11-13-15-17-19-21-23-25-27-29-31-32-33-34-35-36-37-38-39-40-41-42-44-46-48-50-52-54-56-58-60-62-64-66-68-70-74(78)75-72(71-76)73(77)69-67-65-63-61-59-57-55-53-51-49-47-45-43-30-28-26-24-22-20-18-16-14-12-10-8-6-4-2/h5,7,11,13,17,19,23,25,29,31,33-34,36-37,39-40,42,44,48,50,54,56,60,62,72-73,76-77H,3-4,6,8-10,12,14-16,18,20-22,24,26-28,30,32,35,38,41,43,45-47,49,51-53,55,57-59,61,63-71H2,1-2H3,(H,75,78)/b7-5-,13-11-,19-17-,25-23-,31-29-,34-33-,37-36-,40-39-,44-42-,50-48-,56-54-,62-60-. The molecule has 78 heavy (non-hydrogen) atoms. The van der Waals surface area contributed by atoms with Gasteiger partial charge in [0, 0.05) is 6.42 Å². The summed E-state index contributed by atoms with van der Waals surface area (Å²) in [4.78, 5) is 12.5. The number of amides is 1. The highest BCUT2D eigenvalue weighted by molar-refractivity contribution is 5.76. The van der Waals surface area contributed by atoms with Crippen molar-refractivity contribution in [1.82, 2.24) is 5.32 Å². The van der Waals surface area contributed by atoms with Gasteiger partial charge in [-0.05, 0) is 103 Å². The van der Waals surface area contributed by atoms with Crippen LogP contribution in [0.2, 0.25) is 0 Å². The Balaban J connectivity index is 3.64. The van der Waals surface area contributed by atoms with E-state index in [0.717, 1.165) is 109 Å². The summed E-state index contributed by atoms with van der Waals surface area (Å²) in [5.41, 5.74) is 0. The van der Waals surface area contributed by atoms with Crippen LogP contribution in [-0.2, 0) is 4.79 Å². The molecule has 444 valence electrons. The fourth-order valence-corrected chi connectivity index (χ4v) is 9.40. The number of unbranched alkanes of at least 4 members (excludes halogenated alkanes) is 28. The van der Waals surface area contributed by atoms with Crippen LogP contribution in [0.25, 0.3) is 0 Å². The number of aliphatic hydroxyl groups is 2. The molecule has 0 aliphatic heterocycles. The third kappa shape index (κ3) is 63.1. The van der Waals surface area contributed by atoms with Crippen molar-refractivity contribution < 1.29 is 15.0 Å². The van der Waals surface area contributed by atoms with Crippen molar-refractivity contribution in [2.24, 2.45) is 0 Å². The summed E-state index contributed by atoms with van der Waals surface area (Å²) in [5, 5.41) is 23.4. The van der Waals surface area contributed by atoms with E-state index < -0.39 is 12.1 Å². The molecule has 0 bridgehead atoms. The third-order valence-corrected chi connectivity index (χ3v) is 14.4. The van der Waals surface area contributed by atoms with Crippen LogP contribution in [0.3, 0.4) is 0 Å². The maximum Gasteiger partial charge on any atom is 0.220 e. The highest BCUT2D eigenvalue weighted by atomic mass is 16.3. The minimum Gasteiger partial charge on any atom is -0.394 e. The number of aliphatic hydroxyl groups excluding tert-OH is 2. The summed E-state index contributed by atoms with van der Waals surface area (Å²) >= 11 is 0. The van der Waals surface area contributed by atoms with Crippen molar-refractivity contribution in [3.8, 4) is 0 Å². The smallest absolute Gasteiger partial charge is 0.220 e. The molecule has 1 amide bonds. The molecule has 2 unspecified atom stereocenters. The first-order valence-electron chi connectivity index (χ1n) is 33.0. The van der Waals surface area contributed by atoms with Crippen LogP contribution in [0, 0.1) is 0 Å². The zero-order valence-electron chi connectivity index (χ0n) is 51.1. The SMILES string of the molecule is CC/C=C\C/C=C\C/C=C\C/C=C\C/C=C\C/C=C\C/C=C\C/C=C\C/C=C\C/C=C\C/C=C\C/C=C\CCCCC(=O)NC(CO)C(O)CCCCCCCCCCCCCCCCCCCCCCCCCCCCC. The molecule has 4 heteroatoms. The van der Waals surface area contributed by atoms with E-state index >= 15 is 0 Å². The molecule has 0 aromatic rings. The van der Waals surface area contributed by atoms with E-state index in [4.69, 9.17) is 0 Å². The third-order valence-electron chi connectivity index (χ3n) is 14.4. The molecular weight excluding hydrogens is 951 g/mol. The van der Waals surface area contributed by atoms with E-state index in [1.807, 2.05) is 0 Å². The second kappa shape index (κ2) is 67.5. The Morgan fingerprint density at radius 2 is 0.564 bits per heavy atom. The van der Waals surface area contributed by atoms with Crippen molar-refractivity contribution >= 4 is 5.91 Å². The Morgan fingerprint density at radius 3 is 0.821 bits per heavy atom. The van der Waals surface area contributed by atoms with Gasteiger partial charge in [-0.3, -0.25) is 4.79 Å². The highest BCUT2D eigenvalue weighted by Crippen LogP contribution is 2.17. The van der Waals surface area contributed by atoms with Gasteiger partial charge in [-0.2, -0.15) is 0 Å². The number of hydrogen-bond donors (Lipinski definition) is 3. The van der Waals surface area contributed by atoms with Crippen LogP contribution in [0.15, 0.2) is 146 Å². The van der Waals surface area contributed by atoms with E-state index in [2.05, 4.69) is 165 Å². The van der Waals surface area contributed by atoms with Crippen LogP contribution < -0.4 is 5.32 Å². The lowest BCUT2D eigenvalue weighted by Crippen LogP contribution is -2.45. The zero-order valence-corrected chi connectivity index (χ0v) is 51.1. The molecule has 0 fully saturated rings. The number of hydrogen-bond acceptors (Lipinski definition) is 3. The van der Waals surface area contributed by atoms with Gasteiger partial charge in [0.1, 0.15) is 0 Å². The van der Waals surface area contributed by atoms with Gasteiger partial charge in [0.15, 0.2) is 0 Å². The van der Waals surface area contributed by atoms with Crippen molar-refractivity contribution in [2.45, 2.75) is 309 Å². The average Bonchev–Trinajstić information content (AvgIpc) is 3.44. The fraction of sp³-hybridized carbons (Fsp3) is 0.662. The average molecular weight is 1080 g/mol. The van der Waals surface area contributed by atoms with Gasteiger partial charge in [-0.15, -0.1) is 0 Å². The molecule has 0 spiro atoms. The van der Waals surface area contributed by atoms with Gasteiger partial charge in [0.2, 0.25) is 5.91 Å². The maximum absolute atomic E-state index is 12.5. The van der Waals surface area contributed by atoms with Crippen LogP contribution in [-0.4, -0.2) is 34.9 Å². The molecule has 0 aromatic carbocycles. The van der Waals surface area contributed by atoms with E-state index in [9.17, 15) is 15.0 Å². The molecule has 4 nitrogen and oxygen atoms in total. The topological polar surface area (TPSA) is 69.6 Å². The largest absolute Gasteiger partial charge is 0.394 e. The van der Waals surface area contributed by atoms with Crippen molar-refractivity contribution in [3.05, 3.63) is 146 Å². The number of nitrogens with one attached hydrogen (secondary N) is 1. The highest BCUT2D eigenvalue weighted by Gasteiger charge is 2.20. The maximum atomic E-state index is 12.5. The van der Waals surface area contributed by atoms with E-state index in [0.29, 0.717) is 12.8 Å². The summed E-state index contributed by atoms with van der Waals surface area (Å²) in [6, 6.07) is -0.573. The predicted octanol–water partition coefficient (Wildman–Crippen LogP) is 22.7. The van der Waals surface area contributed by atoms with E-state index in [1.165, 1.54) is 161 Å². The second-order valence-corrected chi connectivity index (χ2v) is 21.8. The fourth-order valence-electron chi connectivity index (χ4n) is 9.40. The van der Waals surface area contributed by atoms with E-state index in [-0.39, 0.29) is 12.5 Å². The number of carbonyl (C=O) groups is 1. The first-order valence-corrected chi connectivity index (χ1v) is 33.0. The van der Waals surface area contributed by atoms with Crippen LogP contribution in [0.4, 0.5) is 0 Å². The molecule has 0 heterocycles. The van der Waals surface area contributed by atoms with Crippen LogP contribution in [0.1, 0.15) is 296 Å². The lowest BCUT2D eigenvalue weighted by atomic mass is 10.0. The Labute approximate surface area is 484 Å². The van der Waals surface area contributed by atoms with E-state index in [1.54, 1.807) is 0 Å². The van der Waals surface area contributed by atoms with Crippen molar-refractivity contribution in [2.75, 3.05) is 6.61 Å². The summed E-state index contributed by atoms with van der Waals surface area (Å²) in [6.07, 6.45) is 106. The molecule has 0 aromatic heterocycles. The molecule has 0 saturated heterocycles. The number of carbonyl (C=O) groups excluding carboxylic acids is 1. The molecular formula is C74H125NO3. The van der Waals surface area contributed by atoms with Crippen molar-refractivity contribution in [3.63, 3.8) is 0 Å². The van der Waals surface area contributed by atoms with Gasteiger partial charge in [0.25, 0.3) is 0 Å². The Morgan fingerprint density at radius 1 is 0.321 bits per heavy atom. The summed E-state index contributed by atoms with van der Waals surface area (Å²) in [7, 11) is 0. The zero-order chi connectivity index (χ0) is 56.2. The summed E-state index contributed by atoms with van der Waals surface area (Å²) in [6.45, 7) is 4.24. The molecule has 0 aliphatic carbocycles. The Kier molecular flexibility index (Phi) is 64.3. The monoisotopic (exact) mass is 1080 g/mol. The van der Waals surface area contributed by atoms with Gasteiger partial charge >= 0.3 is 0 Å². The lowest BCUT2D eigenvalue weighted by Gasteiger charge is -2.22. The van der Waals surface area contributed by atoms with Crippen LogP contribution in [0.5, 0.6) is 0 Å². The lowest BCUT2D eigenvalue weighted by molar-refractivity contribution is -0.123. The minimum atomic E-state index is -0.690. The first-order chi connectivity index (χ1) is 38.7. The van der Waals surface area contributed by atoms with Crippen LogP contribution >= 0.6 is 0 Å². The Bertz CT molecular complexity index is 1600. The number of allylic oxidation sites excluding steroid dienone is 24. The predicted molar refractivity (Wildman–Crippen MR) is 349 cm³/mol. The molecule has 3 N–H and O–H groups in total. The quantitative estimate of drug-likeness (QED) is 0.0420. The first kappa shape index (κ1) is 74.3. The summed E-state index contributed by atoms with van der Waals surface area (Å²) < 4.78 is 0. The molecule has 0 aliphatic rings.